The minimum Gasteiger partial charge on any atom is -0.457 e. The molecule has 0 spiro atoms. The molecule has 1 aliphatic heterocycles. The van der Waals surface area contributed by atoms with Crippen molar-refractivity contribution in [2.75, 3.05) is 0 Å². The molecule has 0 aromatic heterocycles. The first kappa shape index (κ1) is 8.85. The molecule has 0 aliphatic carbocycles. The van der Waals surface area contributed by atoms with E-state index in [4.69, 9.17) is 27.9 Å². The number of carbonyl (C=O) groups excluding carboxylic acids is 1. The second-order valence-electron chi connectivity index (χ2n) is 2.91. The molecule has 0 radical (unpaired) electrons. The van der Waals surface area contributed by atoms with Crippen LogP contribution in [0.1, 0.15) is 21.5 Å². The SMILES string of the molecule is Cc1c(Cl)cc2c(c1Cl)C(=O)OC2. The van der Waals surface area contributed by atoms with Gasteiger partial charge in [-0.3, -0.25) is 0 Å². The lowest BCUT2D eigenvalue weighted by molar-refractivity contribution is 0.0535. The van der Waals surface area contributed by atoms with Gasteiger partial charge in [0.05, 0.1) is 10.6 Å². The maximum absolute atomic E-state index is 11.2. The predicted molar refractivity (Wildman–Crippen MR) is 50.3 cm³/mol. The van der Waals surface area contributed by atoms with Crippen LogP contribution < -0.4 is 0 Å². The summed E-state index contributed by atoms with van der Waals surface area (Å²) in [6, 6.07) is 1.73. The molecule has 0 bridgehead atoms. The second-order valence-corrected chi connectivity index (χ2v) is 3.69. The van der Waals surface area contributed by atoms with E-state index in [1.54, 1.807) is 13.0 Å². The van der Waals surface area contributed by atoms with E-state index < -0.39 is 0 Å². The van der Waals surface area contributed by atoms with Crippen molar-refractivity contribution in [1.82, 2.24) is 0 Å². The van der Waals surface area contributed by atoms with E-state index >= 15 is 0 Å². The van der Waals surface area contributed by atoms with Crippen molar-refractivity contribution in [3.05, 3.63) is 32.8 Å². The summed E-state index contributed by atoms with van der Waals surface area (Å²) in [4.78, 5) is 11.2. The highest BCUT2D eigenvalue weighted by Crippen LogP contribution is 2.34. The van der Waals surface area contributed by atoms with Crippen LogP contribution in [0.2, 0.25) is 10.0 Å². The van der Waals surface area contributed by atoms with E-state index in [1.807, 2.05) is 0 Å². The standard InChI is InChI=1S/C9H6Cl2O2/c1-4-6(10)2-5-3-13-9(12)7(5)8(4)11/h2H,3H2,1H3. The van der Waals surface area contributed by atoms with E-state index in [0.717, 1.165) is 11.1 Å². The van der Waals surface area contributed by atoms with Gasteiger partial charge in [0.1, 0.15) is 6.61 Å². The maximum atomic E-state index is 11.2. The van der Waals surface area contributed by atoms with Gasteiger partial charge in [0, 0.05) is 10.6 Å². The van der Waals surface area contributed by atoms with Crippen molar-refractivity contribution in [3.8, 4) is 0 Å². The van der Waals surface area contributed by atoms with Crippen molar-refractivity contribution >= 4 is 29.2 Å². The molecular formula is C9H6Cl2O2. The molecule has 0 atom stereocenters. The van der Waals surface area contributed by atoms with Gasteiger partial charge in [0.25, 0.3) is 0 Å². The largest absolute Gasteiger partial charge is 0.457 e. The molecule has 0 saturated carbocycles. The number of benzene rings is 1. The Morgan fingerprint density at radius 3 is 2.85 bits per heavy atom. The van der Waals surface area contributed by atoms with Gasteiger partial charge in [0.2, 0.25) is 0 Å². The molecule has 0 unspecified atom stereocenters. The van der Waals surface area contributed by atoms with Crippen molar-refractivity contribution in [1.29, 1.82) is 0 Å². The number of hydrogen-bond acceptors (Lipinski definition) is 2. The summed E-state index contributed by atoms with van der Waals surface area (Å²) in [5.41, 5.74) is 1.95. The Hall–Kier alpha value is -0.730. The van der Waals surface area contributed by atoms with Crippen LogP contribution in [0.15, 0.2) is 6.07 Å². The summed E-state index contributed by atoms with van der Waals surface area (Å²) in [6.07, 6.45) is 0. The van der Waals surface area contributed by atoms with Crippen molar-refractivity contribution in [2.24, 2.45) is 0 Å². The molecule has 1 aromatic rings. The van der Waals surface area contributed by atoms with Gasteiger partial charge in [-0.25, -0.2) is 4.79 Å². The molecule has 0 N–H and O–H groups in total. The van der Waals surface area contributed by atoms with Crippen molar-refractivity contribution < 1.29 is 9.53 Å². The third kappa shape index (κ3) is 1.21. The lowest BCUT2D eigenvalue weighted by atomic mass is 10.1. The minimum atomic E-state index is -0.361. The van der Waals surface area contributed by atoms with Crippen LogP contribution >= 0.6 is 23.2 Å². The predicted octanol–water partition coefficient (Wildman–Crippen LogP) is 2.97. The fourth-order valence-electron chi connectivity index (χ4n) is 1.32. The number of fused-ring (bicyclic) bond motifs is 1. The number of ether oxygens (including phenoxy) is 1. The van der Waals surface area contributed by atoms with Crippen LogP contribution in [0.4, 0.5) is 0 Å². The zero-order chi connectivity index (χ0) is 9.59. The molecule has 13 heavy (non-hydrogen) atoms. The normalized spacial score (nSPS) is 14.2. The molecule has 4 heteroatoms. The Morgan fingerprint density at radius 1 is 1.46 bits per heavy atom. The molecule has 2 rings (SSSR count). The van der Waals surface area contributed by atoms with Gasteiger partial charge in [0.15, 0.2) is 0 Å². The summed E-state index contributed by atoms with van der Waals surface area (Å²) in [7, 11) is 0. The first-order chi connectivity index (χ1) is 6.11. The van der Waals surface area contributed by atoms with E-state index in [2.05, 4.69) is 0 Å². The highest BCUT2D eigenvalue weighted by molar-refractivity contribution is 6.38. The van der Waals surface area contributed by atoms with Crippen LogP contribution in [-0.4, -0.2) is 5.97 Å². The van der Waals surface area contributed by atoms with E-state index in [0.29, 0.717) is 15.6 Å². The van der Waals surface area contributed by atoms with Gasteiger partial charge >= 0.3 is 5.97 Å². The Balaban J connectivity index is 2.75. The highest BCUT2D eigenvalue weighted by Gasteiger charge is 2.26. The lowest BCUT2D eigenvalue weighted by Crippen LogP contribution is -1.96. The zero-order valence-electron chi connectivity index (χ0n) is 6.86. The number of esters is 1. The number of carbonyl (C=O) groups is 1. The minimum absolute atomic E-state index is 0.272. The monoisotopic (exact) mass is 216 g/mol. The highest BCUT2D eigenvalue weighted by atomic mass is 35.5. The van der Waals surface area contributed by atoms with Crippen molar-refractivity contribution in [3.63, 3.8) is 0 Å². The van der Waals surface area contributed by atoms with E-state index in [9.17, 15) is 4.79 Å². The quantitative estimate of drug-likeness (QED) is 0.624. The van der Waals surface area contributed by atoms with Gasteiger partial charge in [-0.2, -0.15) is 0 Å². The summed E-state index contributed by atoms with van der Waals surface area (Å²) >= 11 is 11.8. The Bertz CT molecular complexity index is 399. The number of halogens is 2. The Morgan fingerprint density at radius 2 is 2.15 bits per heavy atom. The number of hydrogen-bond donors (Lipinski definition) is 0. The smallest absolute Gasteiger partial charge is 0.340 e. The number of cyclic esters (lactones) is 1. The van der Waals surface area contributed by atoms with Gasteiger partial charge in [-0.15, -0.1) is 0 Å². The first-order valence-corrected chi connectivity index (χ1v) is 4.51. The third-order valence-electron chi connectivity index (χ3n) is 2.09. The zero-order valence-corrected chi connectivity index (χ0v) is 8.37. The Labute approximate surface area is 85.4 Å². The molecule has 1 aromatic carbocycles. The summed E-state index contributed by atoms with van der Waals surface area (Å²) < 4.78 is 4.83. The van der Waals surface area contributed by atoms with Gasteiger partial charge in [-0.1, -0.05) is 23.2 Å². The van der Waals surface area contributed by atoms with Gasteiger partial charge < -0.3 is 4.74 Å². The molecule has 68 valence electrons. The summed E-state index contributed by atoms with van der Waals surface area (Å²) in [6.45, 7) is 2.05. The average molecular weight is 217 g/mol. The third-order valence-corrected chi connectivity index (χ3v) is 2.96. The average Bonchev–Trinajstić information content (AvgIpc) is 2.43. The number of rotatable bonds is 0. The lowest BCUT2D eigenvalue weighted by Gasteiger charge is -2.03. The van der Waals surface area contributed by atoms with Crippen LogP contribution in [0.25, 0.3) is 0 Å². The van der Waals surface area contributed by atoms with Crippen LogP contribution in [0.3, 0.4) is 0 Å². The molecule has 0 amide bonds. The molecule has 2 nitrogen and oxygen atoms in total. The Kier molecular flexibility index (Phi) is 1.97. The summed E-state index contributed by atoms with van der Waals surface area (Å²) in [5, 5.41) is 0.979. The first-order valence-electron chi connectivity index (χ1n) is 3.76. The fourth-order valence-corrected chi connectivity index (χ4v) is 1.89. The molecule has 0 fully saturated rings. The van der Waals surface area contributed by atoms with E-state index in [-0.39, 0.29) is 12.6 Å². The molecule has 0 saturated heterocycles. The van der Waals surface area contributed by atoms with Crippen LogP contribution in [0, 0.1) is 6.92 Å². The van der Waals surface area contributed by atoms with Gasteiger partial charge in [-0.05, 0) is 18.6 Å². The molecular weight excluding hydrogens is 211 g/mol. The summed E-state index contributed by atoms with van der Waals surface area (Å²) in [5.74, 6) is -0.361. The molecule has 1 heterocycles. The van der Waals surface area contributed by atoms with E-state index in [1.165, 1.54) is 0 Å². The van der Waals surface area contributed by atoms with Crippen LogP contribution in [0.5, 0.6) is 0 Å². The second kappa shape index (κ2) is 2.89. The van der Waals surface area contributed by atoms with Crippen molar-refractivity contribution in [2.45, 2.75) is 13.5 Å². The molecule has 1 aliphatic rings. The van der Waals surface area contributed by atoms with Crippen LogP contribution in [-0.2, 0) is 11.3 Å². The maximum Gasteiger partial charge on any atom is 0.340 e. The topological polar surface area (TPSA) is 26.3 Å². The fraction of sp³-hybridized carbons (Fsp3) is 0.222.